The molecule has 0 radical (unpaired) electrons. The SMILES string of the molecule is CC(C)=O.CC(C)=O.CCOCC(C)=O.CCOCCC(C)=O. The summed E-state index contributed by atoms with van der Waals surface area (Å²) in [5, 5.41) is 0. The van der Waals surface area contributed by atoms with Crippen LogP contribution in [0.1, 0.15) is 61.8 Å². The van der Waals surface area contributed by atoms with Crippen LogP contribution in [0.5, 0.6) is 0 Å². The standard InChI is InChI=1S/C6H12O2.C5H10O2.2C3H6O/c1-3-8-5-4-6(2)7;1-3-7-4-5(2)6;2*1-3(2)4/h3-5H2,1-2H3;3-4H2,1-2H3;2*1-2H3. The van der Waals surface area contributed by atoms with Crippen molar-refractivity contribution < 1.29 is 28.7 Å². The quantitative estimate of drug-likeness (QED) is 0.665. The molecule has 0 bridgehead atoms. The minimum atomic E-state index is 0.0850. The fourth-order valence-electron chi connectivity index (χ4n) is 0.606. The normalized spacial score (nSPS) is 8.17. The van der Waals surface area contributed by atoms with E-state index in [0.29, 0.717) is 26.2 Å². The zero-order valence-electron chi connectivity index (χ0n) is 16.0. The molecule has 0 aromatic heterocycles. The zero-order valence-corrected chi connectivity index (χ0v) is 16.0. The largest absolute Gasteiger partial charge is 0.381 e. The lowest BCUT2D eigenvalue weighted by Crippen LogP contribution is -2.02. The Morgan fingerprint density at radius 2 is 1.00 bits per heavy atom. The van der Waals surface area contributed by atoms with Gasteiger partial charge in [0, 0.05) is 19.6 Å². The minimum absolute atomic E-state index is 0.0850. The Morgan fingerprint density at radius 3 is 1.17 bits per heavy atom. The summed E-state index contributed by atoms with van der Waals surface area (Å²) in [4.78, 5) is 39.2. The van der Waals surface area contributed by atoms with Crippen molar-refractivity contribution in [3.63, 3.8) is 0 Å². The summed E-state index contributed by atoms with van der Waals surface area (Å²) < 4.78 is 9.67. The monoisotopic (exact) mass is 334 g/mol. The molecule has 0 aromatic rings. The van der Waals surface area contributed by atoms with Crippen molar-refractivity contribution in [2.24, 2.45) is 0 Å². The van der Waals surface area contributed by atoms with Gasteiger partial charge in [0.25, 0.3) is 0 Å². The lowest BCUT2D eigenvalue weighted by Gasteiger charge is -1.94. The van der Waals surface area contributed by atoms with Gasteiger partial charge >= 0.3 is 0 Å². The predicted molar refractivity (Wildman–Crippen MR) is 91.7 cm³/mol. The molecular formula is C17H34O6. The van der Waals surface area contributed by atoms with Crippen LogP contribution in [0.4, 0.5) is 0 Å². The highest BCUT2D eigenvalue weighted by Crippen LogP contribution is 1.82. The number of rotatable bonds is 7. The van der Waals surface area contributed by atoms with E-state index in [-0.39, 0.29) is 29.7 Å². The summed E-state index contributed by atoms with van der Waals surface area (Å²) in [6.07, 6.45) is 0.549. The maximum absolute atomic E-state index is 10.2. The number of carbonyl (C=O) groups excluding carboxylic acids is 4. The molecule has 0 amide bonds. The summed E-state index contributed by atoms with van der Waals surface area (Å²) in [7, 11) is 0. The van der Waals surface area contributed by atoms with Gasteiger partial charge in [-0.05, 0) is 55.4 Å². The summed E-state index contributed by atoms with van der Waals surface area (Å²) in [5.74, 6) is 0.611. The van der Waals surface area contributed by atoms with Crippen LogP contribution in [0.25, 0.3) is 0 Å². The van der Waals surface area contributed by atoms with Gasteiger partial charge in [-0.1, -0.05) is 0 Å². The van der Waals surface area contributed by atoms with Crippen molar-refractivity contribution in [2.45, 2.75) is 61.8 Å². The maximum Gasteiger partial charge on any atom is 0.155 e. The highest BCUT2D eigenvalue weighted by atomic mass is 16.5. The molecule has 0 atom stereocenters. The van der Waals surface area contributed by atoms with Gasteiger partial charge in [-0.2, -0.15) is 0 Å². The van der Waals surface area contributed by atoms with Crippen LogP contribution < -0.4 is 0 Å². The number of Topliss-reactive ketones (excluding diaryl/α,β-unsaturated/α-hetero) is 4. The molecule has 0 N–H and O–H groups in total. The van der Waals surface area contributed by atoms with Gasteiger partial charge in [0.15, 0.2) is 5.78 Å². The summed E-state index contributed by atoms with van der Waals surface area (Å²) in [6.45, 7) is 15.1. The average molecular weight is 334 g/mol. The van der Waals surface area contributed by atoms with Gasteiger partial charge in [0.1, 0.15) is 24.0 Å². The van der Waals surface area contributed by atoms with Crippen LogP contribution in [0.2, 0.25) is 0 Å². The molecule has 6 nitrogen and oxygen atoms in total. The third kappa shape index (κ3) is 123. The molecular weight excluding hydrogens is 300 g/mol. The number of hydrogen-bond donors (Lipinski definition) is 0. The second-order valence-electron chi connectivity index (χ2n) is 4.80. The molecule has 0 saturated carbocycles. The highest BCUT2D eigenvalue weighted by Gasteiger charge is 1.89. The van der Waals surface area contributed by atoms with Crippen LogP contribution >= 0.6 is 0 Å². The van der Waals surface area contributed by atoms with E-state index in [1.54, 1.807) is 6.92 Å². The third-order valence-electron chi connectivity index (χ3n) is 1.31. The number of carbonyl (C=O) groups is 4. The summed E-state index contributed by atoms with van der Waals surface area (Å²) in [5.41, 5.74) is 0. The van der Waals surface area contributed by atoms with Crippen molar-refractivity contribution in [3.05, 3.63) is 0 Å². The van der Waals surface area contributed by atoms with Crippen molar-refractivity contribution in [2.75, 3.05) is 26.4 Å². The van der Waals surface area contributed by atoms with Crippen molar-refractivity contribution >= 4 is 23.1 Å². The lowest BCUT2D eigenvalue weighted by atomic mass is 10.3. The highest BCUT2D eigenvalue weighted by molar-refractivity contribution is 5.76. The Hall–Kier alpha value is -1.40. The number of hydrogen-bond acceptors (Lipinski definition) is 6. The fourth-order valence-corrected chi connectivity index (χ4v) is 0.606. The molecule has 0 fully saturated rings. The first-order valence-corrected chi connectivity index (χ1v) is 7.59. The molecule has 138 valence electrons. The van der Waals surface area contributed by atoms with Gasteiger partial charge in [0.05, 0.1) is 6.61 Å². The molecule has 0 heterocycles. The Morgan fingerprint density at radius 1 is 0.652 bits per heavy atom. The first-order valence-electron chi connectivity index (χ1n) is 7.59. The second-order valence-corrected chi connectivity index (χ2v) is 4.80. The second kappa shape index (κ2) is 25.5. The van der Waals surface area contributed by atoms with Crippen LogP contribution in [0.3, 0.4) is 0 Å². The molecule has 0 aliphatic heterocycles. The Kier molecular flexibility index (Phi) is 32.9. The molecule has 0 aromatic carbocycles. The van der Waals surface area contributed by atoms with E-state index in [2.05, 4.69) is 0 Å². The molecule has 23 heavy (non-hydrogen) atoms. The molecule has 0 spiro atoms. The van der Waals surface area contributed by atoms with Crippen molar-refractivity contribution in [1.29, 1.82) is 0 Å². The zero-order chi connectivity index (χ0) is 19.3. The molecule has 0 unspecified atom stereocenters. The maximum atomic E-state index is 10.2. The Balaban J connectivity index is -0.000000110. The van der Waals surface area contributed by atoms with Crippen LogP contribution in [-0.2, 0) is 28.7 Å². The average Bonchev–Trinajstić information content (AvgIpc) is 2.35. The predicted octanol–water partition coefficient (Wildman–Crippen LogP) is 2.80. The minimum Gasteiger partial charge on any atom is -0.381 e. The third-order valence-corrected chi connectivity index (χ3v) is 1.31. The van der Waals surface area contributed by atoms with Crippen LogP contribution in [0.15, 0.2) is 0 Å². The van der Waals surface area contributed by atoms with E-state index in [1.807, 2.05) is 13.8 Å². The van der Waals surface area contributed by atoms with Gasteiger partial charge in [-0.3, -0.25) is 9.59 Å². The van der Waals surface area contributed by atoms with Crippen LogP contribution in [-0.4, -0.2) is 49.6 Å². The van der Waals surface area contributed by atoms with Gasteiger partial charge in [-0.25, -0.2) is 0 Å². The van der Waals surface area contributed by atoms with E-state index in [1.165, 1.54) is 34.6 Å². The first-order chi connectivity index (χ1) is 10.5. The Labute approximate surface area is 140 Å². The molecule has 0 aliphatic carbocycles. The first kappa shape index (κ1) is 29.6. The van der Waals surface area contributed by atoms with Gasteiger partial charge in [-0.15, -0.1) is 0 Å². The molecule has 6 heteroatoms. The van der Waals surface area contributed by atoms with E-state index in [0.717, 1.165) is 0 Å². The van der Waals surface area contributed by atoms with Gasteiger partial charge < -0.3 is 19.1 Å². The molecule has 0 saturated heterocycles. The van der Waals surface area contributed by atoms with Crippen molar-refractivity contribution in [1.82, 2.24) is 0 Å². The number of ketones is 4. The molecule has 0 rings (SSSR count). The summed E-state index contributed by atoms with van der Waals surface area (Å²) in [6, 6.07) is 0. The topological polar surface area (TPSA) is 86.7 Å². The Bertz CT molecular complexity index is 290. The van der Waals surface area contributed by atoms with Gasteiger partial charge in [0.2, 0.25) is 0 Å². The van der Waals surface area contributed by atoms with E-state index in [4.69, 9.17) is 9.47 Å². The van der Waals surface area contributed by atoms with E-state index >= 15 is 0 Å². The van der Waals surface area contributed by atoms with Crippen LogP contribution in [0, 0.1) is 0 Å². The van der Waals surface area contributed by atoms with E-state index in [9.17, 15) is 19.2 Å². The van der Waals surface area contributed by atoms with E-state index < -0.39 is 0 Å². The number of ether oxygens (including phenoxy) is 2. The molecule has 0 aliphatic rings. The smallest absolute Gasteiger partial charge is 0.155 e. The summed E-state index contributed by atoms with van der Waals surface area (Å²) >= 11 is 0. The fraction of sp³-hybridized carbons (Fsp3) is 0.765. The lowest BCUT2D eigenvalue weighted by molar-refractivity contribution is -0.121. The van der Waals surface area contributed by atoms with Crippen molar-refractivity contribution in [3.8, 4) is 0 Å².